The van der Waals surface area contributed by atoms with Gasteiger partial charge in [-0.25, -0.2) is 4.98 Å². The van der Waals surface area contributed by atoms with E-state index >= 15 is 0 Å². The Bertz CT molecular complexity index is 478. The fourth-order valence-electron chi connectivity index (χ4n) is 1.88. The first-order valence-corrected chi connectivity index (χ1v) is 7.31. The maximum atomic E-state index is 4.43. The molecule has 2 aromatic heterocycles. The summed E-state index contributed by atoms with van der Waals surface area (Å²) in [7, 11) is 2.04. The minimum Gasteiger partial charge on any atom is -0.337 e. The van der Waals surface area contributed by atoms with Gasteiger partial charge in [-0.2, -0.15) is 0 Å². The predicted octanol–water partition coefficient (Wildman–Crippen LogP) is 3.14. The number of aromatic nitrogens is 2. The summed E-state index contributed by atoms with van der Waals surface area (Å²) in [6.45, 7) is 3.07. The molecule has 1 atom stereocenters. The number of thiophene rings is 1. The van der Waals surface area contributed by atoms with Gasteiger partial charge in [-0.15, -0.1) is 11.3 Å². The zero-order valence-electron chi connectivity index (χ0n) is 9.98. The number of nitrogens with zero attached hydrogens (tertiary/aromatic N) is 2. The van der Waals surface area contributed by atoms with Gasteiger partial charge in [0.15, 0.2) is 0 Å². The summed E-state index contributed by atoms with van der Waals surface area (Å²) in [6, 6.07) is 2.46. The fraction of sp³-hybridized carbons (Fsp3) is 0.417. The molecule has 0 amide bonds. The van der Waals surface area contributed by atoms with Crippen LogP contribution in [0.2, 0.25) is 0 Å². The molecular weight excluding hydrogens is 298 g/mol. The summed E-state index contributed by atoms with van der Waals surface area (Å²) in [5.74, 6) is 1.09. The van der Waals surface area contributed by atoms with Gasteiger partial charge in [-0.3, -0.25) is 0 Å². The number of imidazole rings is 1. The van der Waals surface area contributed by atoms with Crippen molar-refractivity contribution in [2.24, 2.45) is 7.05 Å². The summed E-state index contributed by atoms with van der Waals surface area (Å²) in [6.07, 6.45) is 4.82. The zero-order chi connectivity index (χ0) is 12.3. The van der Waals surface area contributed by atoms with Crippen LogP contribution in [-0.4, -0.2) is 16.1 Å². The normalized spacial score (nSPS) is 12.9. The van der Waals surface area contributed by atoms with Crippen LogP contribution in [0.1, 0.15) is 23.7 Å². The van der Waals surface area contributed by atoms with Crippen LogP contribution >= 0.6 is 27.3 Å². The molecule has 0 fully saturated rings. The van der Waals surface area contributed by atoms with Crippen LogP contribution in [0.25, 0.3) is 0 Å². The minimum atomic E-state index is 0.283. The van der Waals surface area contributed by atoms with Crippen molar-refractivity contribution in [3.63, 3.8) is 0 Å². The molecule has 0 radical (unpaired) electrons. The van der Waals surface area contributed by atoms with E-state index in [-0.39, 0.29) is 6.04 Å². The monoisotopic (exact) mass is 313 g/mol. The minimum absolute atomic E-state index is 0.283. The Balaban J connectivity index is 2.15. The highest BCUT2D eigenvalue weighted by atomic mass is 79.9. The van der Waals surface area contributed by atoms with Crippen molar-refractivity contribution in [1.29, 1.82) is 0 Å². The average Bonchev–Trinajstić information content (AvgIpc) is 2.87. The standard InChI is InChI=1S/C12H16BrN3S/c1-3-14-11(12-15-4-5-16(12)2)7-10-6-9(13)8-17-10/h4-6,8,11,14H,3,7H2,1-2H3. The SMILES string of the molecule is CCNC(Cc1cc(Br)cs1)c1nccn1C. The number of likely N-dealkylation sites (N-methyl/N-ethyl adjacent to an activating group) is 1. The van der Waals surface area contributed by atoms with E-state index in [2.05, 4.69) is 49.2 Å². The molecule has 2 rings (SSSR count). The van der Waals surface area contributed by atoms with E-state index < -0.39 is 0 Å². The van der Waals surface area contributed by atoms with Crippen LogP contribution in [0.3, 0.4) is 0 Å². The maximum Gasteiger partial charge on any atom is 0.125 e. The molecule has 1 N–H and O–H groups in total. The molecule has 2 aromatic rings. The van der Waals surface area contributed by atoms with Crippen molar-refractivity contribution in [2.75, 3.05) is 6.54 Å². The number of nitrogens with one attached hydrogen (secondary N) is 1. The van der Waals surface area contributed by atoms with E-state index in [1.54, 1.807) is 11.3 Å². The highest BCUT2D eigenvalue weighted by Crippen LogP contribution is 2.24. The van der Waals surface area contributed by atoms with Crippen LogP contribution in [0.5, 0.6) is 0 Å². The molecule has 0 aliphatic rings. The van der Waals surface area contributed by atoms with Gasteiger partial charge in [0.2, 0.25) is 0 Å². The van der Waals surface area contributed by atoms with Crippen LogP contribution in [-0.2, 0) is 13.5 Å². The van der Waals surface area contributed by atoms with Gasteiger partial charge in [-0.05, 0) is 28.5 Å². The third kappa shape index (κ3) is 3.18. The summed E-state index contributed by atoms with van der Waals surface area (Å²) in [5, 5.41) is 5.61. The number of hydrogen-bond acceptors (Lipinski definition) is 3. The van der Waals surface area contributed by atoms with E-state index in [0.29, 0.717) is 0 Å². The Kier molecular flexibility index (Phi) is 4.36. The maximum absolute atomic E-state index is 4.43. The van der Waals surface area contributed by atoms with Crippen molar-refractivity contribution in [1.82, 2.24) is 14.9 Å². The third-order valence-corrected chi connectivity index (χ3v) is 4.37. The van der Waals surface area contributed by atoms with Gasteiger partial charge in [0.05, 0.1) is 6.04 Å². The van der Waals surface area contributed by atoms with E-state index in [4.69, 9.17) is 0 Å². The Morgan fingerprint density at radius 2 is 2.41 bits per heavy atom. The van der Waals surface area contributed by atoms with Crippen LogP contribution in [0.4, 0.5) is 0 Å². The lowest BCUT2D eigenvalue weighted by molar-refractivity contribution is 0.509. The molecule has 92 valence electrons. The van der Waals surface area contributed by atoms with Gasteiger partial charge >= 0.3 is 0 Å². The van der Waals surface area contributed by atoms with Crippen molar-refractivity contribution < 1.29 is 0 Å². The molecule has 2 heterocycles. The summed E-state index contributed by atoms with van der Waals surface area (Å²) in [5.41, 5.74) is 0. The molecule has 0 aromatic carbocycles. The average molecular weight is 314 g/mol. The first-order valence-electron chi connectivity index (χ1n) is 5.64. The molecule has 0 bridgehead atoms. The van der Waals surface area contributed by atoms with Crippen LogP contribution in [0, 0.1) is 0 Å². The lowest BCUT2D eigenvalue weighted by atomic mass is 10.1. The first-order chi connectivity index (χ1) is 8.20. The van der Waals surface area contributed by atoms with Gasteiger partial charge in [0.25, 0.3) is 0 Å². The molecule has 0 saturated heterocycles. The van der Waals surface area contributed by atoms with E-state index in [1.807, 2.05) is 19.4 Å². The molecule has 0 aliphatic heterocycles. The fourth-order valence-corrected chi connectivity index (χ4v) is 3.37. The number of halogens is 1. The highest BCUT2D eigenvalue weighted by Gasteiger charge is 2.16. The van der Waals surface area contributed by atoms with Gasteiger partial charge in [-0.1, -0.05) is 6.92 Å². The Labute approximate surface area is 114 Å². The Hall–Kier alpha value is -0.650. The van der Waals surface area contributed by atoms with Crippen molar-refractivity contribution >= 4 is 27.3 Å². The largest absolute Gasteiger partial charge is 0.337 e. The van der Waals surface area contributed by atoms with Gasteiger partial charge < -0.3 is 9.88 Å². The molecule has 0 spiro atoms. The smallest absolute Gasteiger partial charge is 0.125 e. The van der Waals surface area contributed by atoms with Crippen LogP contribution < -0.4 is 5.32 Å². The molecule has 3 nitrogen and oxygen atoms in total. The number of hydrogen-bond donors (Lipinski definition) is 1. The lowest BCUT2D eigenvalue weighted by Gasteiger charge is -2.16. The summed E-state index contributed by atoms with van der Waals surface area (Å²) < 4.78 is 3.24. The Morgan fingerprint density at radius 1 is 1.59 bits per heavy atom. The second-order valence-corrected chi connectivity index (χ2v) is 5.85. The topological polar surface area (TPSA) is 29.9 Å². The quantitative estimate of drug-likeness (QED) is 0.919. The Morgan fingerprint density at radius 3 is 2.94 bits per heavy atom. The molecule has 0 aliphatic carbocycles. The molecule has 17 heavy (non-hydrogen) atoms. The van der Waals surface area contributed by atoms with Crippen molar-refractivity contribution in [2.45, 2.75) is 19.4 Å². The third-order valence-electron chi connectivity index (χ3n) is 2.65. The zero-order valence-corrected chi connectivity index (χ0v) is 12.4. The first kappa shape index (κ1) is 12.8. The number of aryl methyl sites for hydroxylation is 1. The molecule has 0 saturated carbocycles. The molecular formula is C12H16BrN3S. The summed E-state index contributed by atoms with van der Waals surface area (Å²) >= 11 is 5.28. The lowest BCUT2D eigenvalue weighted by Crippen LogP contribution is -2.25. The molecule has 5 heteroatoms. The van der Waals surface area contributed by atoms with E-state index in [0.717, 1.165) is 23.3 Å². The highest BCUT2D eigenvalue weighted by molar-refractivity contribution is 9.10. The predicted molar refractivity (Wildman–Crippen MR) is 75.3 cm³/mol. The second-order valence-electron chi connectivity index (χ2n) is 3.94. The molecule has 1 unspecified atom stereocenters. The van der Waals surface area contributed by atoms with Crippen molar-refractivity contribution in [3.8, 4) is 0 Å². The second kappa shape index (κ2) is 5.80. The number of rotatable bonds is 5. The van der Waals surface area contributed by atoms with Crippen molar-refractivity contribution in [3.05, 3.63) is 39.0 Å². The van der Waals surface area contributed by atoms with Gasteiger partial charge in [0.1, 0.15) is 5.82 Å². The van der Waals surface area contributed by atoms with E-state index in [9.17, 15) is 0 Å². The van der Waals surface area contributed by atoms with Gasteiger partial charge in [0, 0.05) is 40.6 Å². The summed E-state index contributed by atoms with van der Waals surface area (Å²) in [4.78, 5) is 5.80. The van der Waals surface area contributed by atoms with E-state index in [1.165, 1.54) is 4.88 Å². The van der Waals surface area contributed by atoms with Crippen LogP contribution in [0.15, 0.2) is 28.3 Å².